The van der Waals surface area contributed by atoms with Crippen LogP contribution in [0.1, 0.15) is 24.5 Å². The molecule has 23 heavy (non-hydrogen) atoms. The second-order valence-electron chi connectivity index (χ2n) is 5.93. The van der Waals surface area contributed by atoms with Crippen LogP contribution in [0, 0.1) is 0 Å². The van der Waals surface area contributed by atoms with Crippen molar-refractivity contribution in [3.63, 3.8) is 0 Å². The van der Waals surface area contributed by atoms with Crippen molar-refractivity contribution in [3.8, 4) is 16.9 Å². The summed E-state index contributed by atoms with van der Waals surface area (Å²) in [4.78, 5) is 8.86. The van der Waals surface area contributed by atoms with E-state index in [0.717, 1.165) is 17.0 Å². The molecule has 0 bridgehead atoms. The van der Waals surface area contributed by atoms with Crippen LogP contribution in [0.15, 0.2) is 42.9 Å². The fourth-order valence-electron chi connectivity index (χ4n) is 3.19. The molecule has 1 fully saturated rings. The Balaban J connectivity index is 1.78. The van der Waals surface area contributed by atoms with E-state index in [9.17, 15) is 0 Å². The minimum Gasteiger partial charge on any atom is -0.497 e. The van der Waals surface area contributed by atoms with Crippen molar-refractivity contribution in [3.05, 3.63) is 48.5 Å². The quantitative estimate of drug-likeness (QED) is 0.591. The number of fused-ring (bicyclic) bond motifs is 3. The zero-order valence-electron chi connectivity index (χ0n) is 12.7. The van der Waals surface area contributed by atoms with Gasteiger partial charge in [-0.3, -0.25) is 0 Å². The number of ether oxygens (including phenoxy) is 1. The van der Waals surface area contributed by atoms with Crippen molar-refractivity contribution in [2.45, 2.75) is 18.8 Å². The van der Waals surface area contributed by atoms with Gasteiger partial charge in [0.15, 0.2) is 0 Å². The molecule has 0 unspecified atom stereocenters. The van der Waals surface area contributed by atoms with E-state index in [1.165, 1.54) is 29.7 Å². The molecular formula is C17H16N5O+. The molecule has 1 aliphatic rings. The Morgan fingerprint density at radius 3 is 2.70 bits per heavy atom. The fraction of sp³-hybridized carbons (Fsp3) is 0.235. The van der Waals surface area contributed by atoms with Gasteiger partial charge in [0.25, 0.3) is 5.65 Å². The van der Waals surface area contributed by atoms with Crippen molar-refractivity contribution in [2.75, 3.05) is 7.11 Å². The van der Waals surface area contributed by atoms with Gasteiger partial charge in [0, 0.05) is 11.5 Å². The Morgan fingerprint density at radius 2 is 1.96 bits per heavy atom. The molecule has 6 heteroatoms. The number of aromatic nitrogens is 5. The summed E-state index contributed by atoms with van der Waals surface area (Å²) < 4.78 is 9.40. The topological polar surface area (TPSA) is 59.3 Å². The van der Waals surface area contributed by atoms with Crippen LogP contribution >= 0.6 is 0 Å². The van der Waals surface area contributed by atoms with E-state index in [0.29, 0.717) is 5.92 Å². The molecule has 4 aromatic rings. The zero-order chi connectivity index (χ0) is 15.4. The van der Waals surface area contributed by atoms with E-state index in [2.05, 4.69) is 37.9 Å². The van der Waals surface area contributed by atoms with E-state index < -0.39 is 0 Å². The van der Waals surface area contributed by atoms with Gasteiger partial charge in [-0.05, 0) is 30.5 Å². The Bertz CT molecular complexity index is 1010. The van der Waals surface area contributed by atoms with Crippen LogP contribution in [0.25, 0.3) is 22.4 Å². The zero-order valence-corrected chi connectivity index (χ0v) is 12.7. The van der Waals surface area contributed by atoms with Gasteiger partial charge in [-0.25, -0.2) is 4.98 Å². The molecule has 0 radical (unpaired) electrons. The summed E-state index contributed by atoms with van der Waals surface area (Å²) in [5.74, 6) is 1.46. The number of H-pyrrole nitrogens is 1. The molecule has 114 valence electrons. The normalized spacial score (nSPS) is 14.7. The summed E-state index contributed by atoms with van der Waals surface area (Å²) in [5, 5.41) is 3.30. The van der Waals surface area contributed by atoms with Gasteiger partial charge in [0.2, 0.25) is 0 Å². The Morgan fingerprint density at radius 1 is 1.17 bits per heavy atom. The first-order valence-corrected chi connectivity index (χ1v) is 7.75. The third-order valence-electron chi connectivity index (χ3n) is 4.44. The molecule has 0 spiro atoms. The largest absolute Gasteiger partial charge is 0.497 e. The molecular weight excluding hydrogens is 290 g/mol. The summed E-state index contributed by atoms with van der Waals surface area (Å²) in [7, 11) is 1.69. The van der Waals surface area contributed by atoms with E-state index >= 15 is 0 Å². The highest BCUT2D eigenvalue weighted by molar-refractivity contribution is 5.67. The summed E-state index contributed by atoms with van der Waals surface area (Å²) >= 11 is 0. The molecule has 0 aliphatic heterocycles. The van der Waals surface area contributed by atoms with Crippen LogP contribution in [0.5, 0.6) is 5.75 Å². The molecule has 0 atom stereocenters. The first kappa shape index (κ1) is 12.6. The number of hydrogen-bond donors (Lipinski definition) is 1. The Hall–Kier alpha value is -2.89. The summed E-state index contributed by atoms with van der Waals surface area (Å²) in [5.41, 5.74) is 5.40. The Kier molecular flexibility index (Phi) is 2.50. The van der Waals surface area contributed by atoms with Crippen molar-refractivity contribution < 1.29 is 9.25 Å². The molecule has 1 saturated carbocycles. The molecule has 3 heterocycles. The number of nitrogens with one attached hydrogen (secondary N) is 1. The molecule has 0 saturated heterocycles. The minimum absolute atomic E-state index is 0.586. The first-order valence-electron chi connectivity index (χ1n) is 7.75. The van der Waals surface area contributed by atoms with E-state index in [4.69, 9.17) is 4.74 Å². The molecule has 1 N–H and O–H groups in total. The average molecular weight is 306 g/mol. The number of hydrogen-bond acceptors (Lipinski definition) is 3. The number of methoxy groups -OCH3 is 1. The van der Waals surface area contributed by atoms with Crippen LogP contribution in [-0.4, -0.2) is 26.8 Å². The number of aromatic amines is 1. The van der Waals surface area contributed by atoms with Crippen molar-refractivity contribution in [1.29, 1.82) is 0 Å². The van der Waals surface area contributed by atoms with Crippen LogP contribution in [-0.2, 0) is 0 Å². The van der Waals surface area contributed by atoms with Gasteiger partial charge in [-0.15, -0.1) is 9.50 Å². The van der Waals surface area contributed by atoms with Gasteiger partial charge >= 0.3 is 5.65 Å². The van der Waals surface area contributed by atoms with Gasteiger partial charge in [0.05, 0.1) is 19.5 Å². The lowest BCUT2D eigenvalue weighted by Gasteiger charge is -2.03. The second kappa shape index (κ2) is 4.55. The van der Waals surface area contributed by atoms with Gasteiger partial charge in [0.1, 0.15) is 17.6 Å². The third kappa shape index (κ3) is 1.84. The van der Waals surface area contributed by atoms with Gasteiger partial charge < -0.3 is 4.74 Å². The summed E-state index contributed by atoms with van der Waals surface area (Å²) in [6.45, 7) is 0. The molecule has 5 rings (SSSR count). The van der Waals surface area contributed by atoms with Crippen LogP contribution in [0.2, 0.25) is 0 Å². The highest BCUT2D eigenvalue weighted by Crippen LogP contribution is 2.43. The summed E-state index contributed by atoms with van der Waals surface area (Å²) in [6, 6.07) is 8.21. The molecule has 3 aromatic heterocycles. The smallest absolute Gasteiger partial charge is 0.346 e. The van der Waals surface area contributed by atoms with E-state index in [-0.39, 0.29) is 0 Å². The lowest BCUT2D eigenvalue weighted by Crippen LogP contribution is -2.30. The number of benzene rings is 1. The second-order valence-corrected chi connectivity index (χ2v) is 5.93. The fourth-order valence-corrected chi connectivity index (χ4v) is 3.19. The maximum atomic E-state index is 5.26. The predicted octanol–water partition coefficient (Wildman–Crippen LogP) is 2.35. The highest BCUT2D eigenvalue weighted by Gasteiger charge is 2.35. The number of rotatable bonds is 3. The maximum Gasteiger partial charge on any atom is 0.346 e. The van der Waals surface area contributed by atoms with Crippen LogP contribution in [0.3, 0.4) is 0 Å². The number of nitrogens with zero attached hydrogens (tertiary/aromatic N) is 4. The van der Waals surface area contributed by atoms with Crippen LogP contribution < -0.4 is 9.25 Å². The molecule has 1 aliphatic carbocycles. The predicted molar refractivity (Wildman–Crippen MR) is 84.5 cm³/mol. The lowest BCUT2D eigenvalue weighted by molar-refractivity contribution is -0.602. The minimum atomic E-state index is 0.586. The van der Waals surface area contributed by atoms with Crippen molar-refractivity contribution in [2.24, 2.45) is 0 Å². The van der Waals surface area contributed by atoms with Crippen molar-refractivity contribution in [1.82, 2.24) is 19.7 Å². The van der Waals surface area contributed by atoms with Gasteiger partial charge in [-0.2, -0.15) is 5.10 Å². The van der Waals surface area contributed by atoms with Gasteiger partial charge in [-0.1, -0.05) is 16.8 Å². The van der Waals surface area contributed by atoms with E-state index in [1.54, 1.807) is 19.5 Å². The van der Waals surface area contributed by atoms with Crippen LogP contribution in [0.4, 0.5) is 0 Å². The standard InChI is InChI=1S/C17H16N5O/c1-23-13-6-4-11(5-7-13)14-10-21-20-16-17(19-9-8-18-16)22(21)15(14)12-2-3-12/h4-10,12H,2-3H2,1H3,(H,18,20)/q+1. The monoisotopic (exact) mass is 306 g/mol. The molecule has 6 nitrogen and oxygen atoms in total. The van der Waals surface area contributed by atoms with E-state index in [1.807, 2.05) is 16.8 Å². The Labute approximate surface area is 132 Å². The summed E-state index contributed by atoms with van der Waals surface area (Å²) in [6.07, 6.45) is 8.02. The maximum absolute atomic E-state index is 5.26. The average Bonchev–Trinajstić information content (AvgIpc) is 3.27. The third-order valence-corrected chi connectivity index (χ3v) is 4.44. The molecule has 0 amide bonds. The SMILES string of the molecule is COc1ccc(-c2cn3[nH]c4nccnc4[n+]3c2C2CC2)cc1. The molecule has 1 aromatic carbocycles. The van der Waals surface area contributed by atoms with Crippen molar-refractivity contribution >= 4 is 11.3 Å². The highest BCUT2D eigenvalue weighted by atomic mass is 16.5. The lowest BCUT2D eigenvalue weighted by atomic mass is 10.0. The first-order chi connectivity index (χ1) is 11.3.